The molecule has 1 aliphatic heterocycles. The highest BCUT2D eigenvalue weighted by molar-refractivity contribution is 5.73. The predicted octanol–water partition coefficient (Wildman–Crippen LogP) is 3.88. The Balaban J connectivity index is 1.72. The lowest BCUT2D eigenvalue weighted by molar-refractivity contribution is -0.119. The summed E-state index contributed by atoms with van der Waals surface area (Å²) in [6.45, 7) is 12.6. The van der Waals surface area contributed by atoms with E-state index >= 15 is 0 Å². The van der Waals surface area contributed by atoms with Gasteiger partial charge in [-0.25, -0.2) is 8.78 Å². The van der Waals surface area contributed by atoms with Crippen LogP contribution in [0.3, 0.4) is 0 Å². The van der Waals surface area contributed by atoms with Gasteiger partial charge in [-0.2, -0.15) is 0 Å². The molecule has 1 amide bonds. The maximum Gasteiger partial charge on any atom is 0.217 e. The van der Waals surface area contributed by atoms with Crippen molar-refractivity contribution in [3.8, 4) is 0 Å². The average Bonchev–Trinajstić information content (AvgIpc) is 3.15. The fourth-order valence-electron chi connectivity index (χ4n) is 4.93. The van der Waals surface area contributed by atoms with Crippen LogP contribution in [0, 0.1) is 17.6 Å². The van der Waals surface area contributed by atoms with Crippen LogP contribution in [0.2, 0.25) is 0 Å². The molecule has 0 radical (unpaired) electrons. The van der Waals surface area contributed by atoms with E-state index in [1.807, 2.05) is 6.08 Å². The number of halogens is 2. The van der Waals surface area contributed by atoms with E-state index in [0.717, 1.165) is 32.0 Å². The van der Waals surface area contributed by atoms with E-state index < -0.39 is 23.7 Å². The standard InChI is InChI=1S/C28H38F2N4O/c1-5-7-34-8-6-22-10-20(9-18(2)3)11-23(28(22)34)16-32-17-26(31)27(33-19(4)35)14-21-12-24(29)15-25(30)13-21/h5,10-13,15,18,26-27,32H,1,6-9,14,16-17,31H2,2-4H3,(H,33,35)/t26-,27+/m1/s1. The molecular formula is C28H38F2N4O. The first-order valence-electron chi connectivity index (χ1n) is 12.3. The summed E-state index contributed by atoms with van der Waals surface area (Å²) in [5.41, 5.74) is 12.1. The summed E-state index contributed by atoms with van der Waals surface area (Å²) in [7, 11) is 0. The second kappa shape index (κ2) is 12.3. The van der Waals surface area contributed by atoms with Crippen molar-refractivity contribution in [2.24, 2.45) is 11.7 Å². The zero-order valence-corrected chi connectivity index (χ0v) is 21.0. The summed E-state index contributed by atoms with van der Waals surface area (Å²) < 4.78 is 27.3. The molecule has 2 aromatic carbocycles. The van der Waals surface area contributed by atoms with Gasteiger partial charge in [0.1, 0.15) is 11.6 Å². The lowest BCUT2D eigenvalue weighted by Gasteiger charge is -2.26. The SMILES string of the molecule is C=CCN1CCc2cc(CC(C)C)cc(CNC[C@@H](N)[C@H](Cc3cc(F)cc(F)c3)NC(C)=O)c21. The first-order chi connectivity index (χ1) is 16.7. The number of rotatable bonds is 12. The molecule has 1 heterocycles. The lowest BCUT2D eigenvalue weighted by atomic mass is 9.96. The Bertz CT molecular complexity index is 1020. The van der Waals surface area contributed by atoms with E-state index in [2.05, 4.69) is 48.1 Å². The van der Waals surface area contributed by atoms with Crippen molar-refractivity contribution in [3.63, 3.8) is 0 Å². The van der Waals surface area contributed by atoms with Crippen LogP contribution >= 0.6 is 0 Å². The van der Waals surface area contributed by atoms with Gasteiger partial charge in [-0.1, -0.05) is 32.1 Å². The van der Waals surface area contributed by atoms with Crippen LogP contribution in [-0.4, -0.2) is 37.6 Å². The van der Waals surface area contributed by atoms with Gasteiger partial charge in [0.15, 0.2) is 0 Å². The number of nitrogens with one attached hydrogen (secondary N) is 2. The molecule has 2 atom stereocenters. The number of amides is 1. The predicted molar refractivity (Wildman–Crippen MR) is 138 cm³/mol. The van der Waals surface area contributed by atoms with Gasteiger partial charge < -0.3 is 21.3 Å². The van der Waals surface area contributed by atoms with Crippen LogP contribution in [0.4, 0.5) is 14.5 Å². The highest BCUT2D eigenvalue weighted by Crippen LogP contribution is 2.34. The van der Waals surface area contributed by atoms with E-state index in [1.54, 1.807) is 0 Å². The van der Waals surface area contributed by atoms with Crippen LogP contribution < -0.4 is 21.3 Å². The smallest absolute Gasteiger partial charge is 0.217 e. The Morgan fingerprint density at radius 2 is 1.83 bits per heavy atom. The van der Waals surface area contributed by atoms with Gasteiger partial charge in [-0.15, -0.1) is 6.58 Å². The Morgan fingerprint density at radius 3 is 2.46 bits per heavy atom. The van der Waals surface area contributed by atoms with Crippen molar-refractivity contribution in [1.82, 2.24) is 10.6 Å². The molecule has 0 unspecified atom stereocenters. The van der Waals surface area contributed by atoms with Crippen molar-refractivity contribution in [2.75, 3.05) is 24.5 Å². The number of nitrogens with two attached hydrogens (primary N) is 1. The van der Waals surface area contributed by atoms with Gasteiger partial charge in [-0.3, -0.25) is 4.79 Å². The van der Waals surface area contributed by atoms with E-state index in [-0.39, 0.29) is 12.3 Å². The van der Waals surface area contributed by atoms with E-state index in [4.69, 9.17) is 5.73 Å². The molecule has 2 aromatic rings. The van der Waals surface area contributed by atoms with Gasteiger partial charge in [0.25, 0.3) is 0 Å². The first kappa shape index (κ1) is 26.8. The molecule has 0 bridgehead atoms. The van der Waals surface area contributed by atoms with Gasteiger partial charge in [0, 0.05) is 56.9 Å². The summed E-state index contributed by atoms with van der Waals surface area (Å²) >= 11 is 0. The molecule has 4 N–H and O–H groups in total. The third kappa shape index (κ3) is 7.61. The molecule has 190 valence electrons. The zero-order valence-electron chi connectivity index (χ0n) is 21.0. The topological polar surface area (TPSA) is 70.4 Å². The maximum atomic E-state index is 13.7. The number of hydrogen-bond acceptors (Lipinski definition) is 4. The summed E-state index contributed by atoms with van der Waals surface area (Å²) in [6.07, 6.45) is 4.22. The second-order valence-electron chi connectivity index (χ2n) is 9.93. The number of carbonyl (C=O) groups is 1. The number of benzene rings is 2. The monoisotopic (exact) mass is 484 g/mol. The normalized spacial score (nSPS) is 14.7. The molecule has 0 aliphatic carbocycles. The molecule has 0 spiro atoms. The Labute approximate surface area is 207 Å². The minimum Gasteiger partial charge on any atom is -0.367 e. The molecule has 7 heteroatoms. The van der Waals surface area contributed by atoms with Gasteiger partial charge >= 0.3 is 0 Å². The number of hydrogen-bond donors (Lipinski definition) is 3. The van der Waals surface area contributed by atoms with Gasteiger partial charge in [0.2, 0.25) is 5.91 Å². The molecular weight excluding hydrogens is 446 g/mol. The number of anilines is 1. The van der Waals surface area contributed by atoms with Crippen LogP contribution in [0.15, 0.2) is 43.0 Å². The third-order valence-electron chi connectivity index (χ3n) is 6.27. The van der Waals surface area contributed by atoms with Crippen molar-refractivity contribution in [3.05, 3.63) is 76.9 Å². The lowest BCUT2D eigenvalue weighted by Crippen LogP contribution is -2.52. The molecule has 3 rings (SSSR count). The minimum atomic E-state index is -0.646. The van der Waals surface area contributed by atoms with Crippen molar-refractivity contribution in [1.29, 1.82) is 0 Å². The molecule has 0 saturated heterocycles. The number of carbonyl (C=O) groups excluding carboxylic acids is 1. The Kier molecular flexibility index (Phi) is 9.40. The molecule has 0 saturated carbocycles. The molecule has 35 heavy (non-hydrogen) atoms. The average molecular weight is 485 g/mol. The molecule has 5 nitrogen and oxygen atoms in total. The fourth-order valence-corrected chi connectivity index (χ4v) is 4.93. The van der Waals surface area contributed by atoms with E-state index in [1.165, 1.54) is 41.4 Å². The second-order valence-corrected chi connectivity index (χ2v) is 9.93. The van der Waals surface area contributed by atoms with Crippen LogP contribution in [0.1, 0.15) is 43.0 Å². The molecule has 1 aliphatic rings. The molecule has 0 aromatic heterocycles. The Morgan fingerprint density at radius 1 is 1.14 bits per heavy atom. The highest BCUT2D eigenvalue weighted by Gasteiger charge is 2.24. The summed E-state index contributed by atoms with van der Waals surface area (Å²) in [5.74, 6) is -0.958. The van der Waals surface area contributed by atoms with Gasteiger partial charge in [0.05, 0.1) is 0 Å². The highest BCUT2D eigenvalue weighted by atomic mass is 19.1. The number of nitrogens with zero attached hydrogens (tertiary/aromatic N) is 1. The maximum absolute atomic E-state index is 13.7. The number of fused-ring (bicyclic) bond motifs is 1. The first-order valence-corrected chi connectivity index (χ1v) is 12.3. The summed E-state index contributed by atoms with van der Waals surface area (Å²) in [5, 5.41) is 6.30. The van der Waals surface area contributed by atoms with Crippen LogP contribution in [-0.2, 0) is 30.6 Å². The van der Waals surface area contributed by atoms with Gasteiger partial charge in [-0.05, 0) is 59.6 Å². The minimum absolute atomic E-state index is 0.235. The van der Waals surface area contributed by atoms with Crippen LogP contribution in [0.25, 0.3) is 0 Å². The third-order valence-corrected chi connectivity index (χ3v) is 6.27. The van der Waals surface area contributed by atoms with Crippen molar-refractivity contribution < 1.29 is 13.6 Å². The summed E-state index contributed by atoms with van der Waals surface area (Å²) in [6, 6.07) is 7.08. The van der Waals surface area contributed by atoms with Crippen molar-refractivity contribution in [2.45, 2.75) is 58.7 Å². The quantitative estimate of drug-likeness (QED) is 0.400. The van der Waals surface area contributed by atoms with Crippen LogP contribution in [0.5, 0.6) is 0 Å². The zero-order chi connectivity index (χ0) is 25.5. The van der Waals surface area contributed by atoms with E-state index in [9.17, 15) is 13.6 Å². The van der Waals surface area contributed by atoms with E-state index in [0.29, 0.717) is 24.6 Å². The molecule has 0 fully saturated rings. The largest absolute Gasteiger partial charge is 0.367 e. The summed E-state index contributed by atoms with van der Waals surface area (Å²) in [4.78, 5) is 14.1. The Hall–Kier alpha value is -2.77. The fraction of sp³-hybridized carbons (Fsp3) is 0.464. The van der Waals surface area contributed by atoms with Crippen molar-refractivity contribution >= 4 is 11.6 Å².